The van der Waals surface area contributed by atoms with Crippen molar-refractivity contribution in [3.8, 4) is 0 Å². The maximum atomic E-state index is 13.1. The quantitative estimate of drug-likeness (QED) is 0.547. The van der Waals surface area contributed by atoms with Crippen LogP contribution in [0.2, 0.25) is 0 Å². The van der Waals surface area contributed by atoms with Gasteiger partial charge in [0.2, 0.25) is 21.1 Å². The first kappa shape index (κ1) is 22.7. The van der Waals surface area contributed by atoms with Crippen molar-refractivity contribution in [3.05, 3.63) is 41.2 Å². The van der Waals surface area contributed by atoms with Crippen LogP contribution in [0.3, 0.4) is 0 Å². The third-order valence-corrected chi connectivity index (χ3v) is 8.21. The molecule has 4 rings (SSSR count). The minimum absolute atomic E-state index is 0.0942. The third-order valence-electron chi connectivity index (χ3n) is 5.34. The van der Waals surface area contributed by atoms with Crippen LogP contribution in [-0.2, 0) is 14.8 Å². The largest absolute Gasteiger partial charge is 0.325 e. The highest BCUT2D eigenvalue weighted by Gasteiger charge is 2.27. The average Bonchev–Trinajstić information content (AvgIpc) is 3.17. The molecule has 9 nitrogen and oxygen atoms in total. The zero-order valence-corrected chi connectivity index (χ0v) is 20.0. The van der Waals surface area contributed by atoms with E-state index in [1.807, 2.05) is 19.9 Å². The highest BCUT2D eigenvalue weighted by Crippen LogP contribution is 2.26. The number of hydrogen-bond acceptors (Lipinski definition) is 7. The summed E-state index contributed by atoms with van der Waals surface area (Å²) >= 11 is 1.20. The minimum atomic E-state index is -3.58. The van der Waals surface area contributed by atoms with Gasteiger partial charge in [0.05, 0.1) is 10.6 Å². The first-order valence-corrected chi connectivity index (χ1v) is 12.9. The lowest BCUT2D eigenvalue weighted by Crippen LogP contribution is -2.36. The Morgan fingerprint density at radius 3 is 2.59 bits per heavy atom. The van der Waals surface area contributed by atoms with E-state index in [0.717, 1.165) is 30.7 Å². The zero-order chi connectivity index (χ0) is 22.9. The summed E-state index contributed by atoms with van der Waals surface area (Å²) in [5.41, 5.74) is 2.88. The Bertz CT molecular complexity index is 1270. The number of hydrogen-bond donors (Lipinski definition) is 1. The van der Waals surface area contributed by atoms with Gasteiger partial charge in [-0.15, -0.1) is 5.10 Å². The summed E-state index contributed by atoms with van der Waals surface area (Å²) < 4.78 is 29.3. The maximum Gasteiger partial charge on any atom is 0.253 e. The fourth-order valence-electron chi connectivity index (χ4n) is 3.74. The molecule has 170 valence electrons. The summed E-state index contributed by atoms with van der Waals surface area (Å²) in [5, 5.41) is 7.63. The van der Waals surface area contributed by atoms with E-state index in [9.17, 15) is 13.2 Å². The van der Waals surface area contributed by atoms with Crippen molar-refractivity contribution >= 4 is 39.2 Å². The van der Waals surface area contributed by atoms with Gasteiger partial charge >= 0.3 is 0 Å². The SMILES string of the molecule is Cc1cc(C)n2nc(SCC(=O)Nc3ccc(C)c(S(=O)(=O)N4CCCCC4)c3)nc2n1. The van der Waals surface area contributed by atoms with Gasteiger partial charge in [0.15, 0.2) is 0 Å². The van der Waals surface area contributed by atoms with Crippen molar-refractivity contribution in [1.82, 2.24) is 23.9 Å². The number of carbonyl (C=O) groups is 1. The molecule has 1 aliphatic rings. The van der Waals surface area contributed by atoms with Crippen LogP contribution >= 0.6 is 11.8 Å². The molecule has 1 saturated heterocycles. The van der Waals surface area contributed by atoms with Crippen molar-refractivity contribution in [1.29, 1.82) is 0 Å². The second-order valence-electron chi connectivity index (χ2n) is 7.93. The van der Waals surface area contributed by atoms with Gasteiger partial charge in [-0.1, -0.05) is 24.2 Å². The van der Waals surface area contributed by atoms with Crippen LogP contribution in [0.15, 0.2) is 34.3 Å². The van der Waals surface area contributed by atoms with Gasteiger partial charge in [-0.3, -0.25) is 4.79 Å². The fourth-order valence-corrected chi connectivity index (χ4v) is 6.12. The molecule has 3 heterocycles. The van der Waals surface area contributed by atoms with Gasteiger partial charge in [0.1, 0.15) is 0 Å². The molecule has 0 aliphatic carbocycles. The van der Waals surface area contributed by atoms with E-state index in [1.165, 1.54) is 16.1 Å². The molecular formula is C21H26N6O3S2. The van der Waals surface area contributed by atoms with Crippen molar-refractivity contribution in [3.63, 3.8) is 0 Å². The van der Waals surface area contributed by atoms with E-state index in [1.54, 1.807) is 29.6 Å². The van der Waals surface area contributed by atoms with Crippen LogP contribution in [0, 0.1) is 20.8 Å². The van der Waals surface area contributed by atoms with Gasteiger partial charge in [0.25, 0.3) is 5.78 Å². The monoisotopic (exact) mass is 474 g/mol. The molecular weight excluding hydrogens is 448 g/mol. The number of aromatic nitrogens is 4. The lowest BCUT2D eigenvalue weighted by atomic mass is 10.2. The molecule has 3 aromatic rings. The summed E-state index contributed by atoms with van der Waals surface area (Å²) in [6.45, 7) is 6.66. The number of thioether (sulfide) groups is 1. The Morgan fingerprint density at radius 1 is 1.09 bits per heavy atom. The molecule has 1 aliphatic heterocycles. The third kappa shape index (κ3) is 4.79. The van der Waals surface area contributed by atoms with E-state index >= 15 is 0 Å². The Balaban J connectivity index is 1.44. The summed E-state index contributed by atoms with van der Waals surface area (Å²) in [6.07, 6.45) is 2.80. The van der Waals surface area contributed by atoms with Crippen molar-refractivity contribution < 1.29 is 13.2 Å². The molecule has 32 heavy (non-hydrogen) atoms. The number of carbonyl (C=O) groups excluding carboxylic acids is 1. The predicted molar refractivity (Wildman–Crippen MR) is 123 cm³/mol. The van der Waals surface area contributed by atoms with E-state index < -0.39 is 10.0 Å². The molecule has 0 atom stereocenters. The number of rotatable bonds is 6. The highest BCUT2D eigenvalue weighted by molar-refractivity contribution is 7.99. The standard InChI is InChI=1S/C21H26N6O3S2/c1-14-7-8-17(12-18(14)32(29,30)26-9-5-4-6-10-26)23-19(28)13-31-21-24-20-22-15(2)11-16(3)27(20)25-21/h7-8,11-12H,4-6,9-10,13H2,1-3H3,(H,23,28). The molecule has 0 bridgehead atoms. The number of benzene rings is 1. The van der Waals surface area contributed by atoms with E-state index in [2.05, 4.69) is 20.4 Å². The van der Waals surface area contributed by atoms with Gasteiger partial charge in [-0.2, -0.15) is 9.29 Å². The highest BCUT2D eigenvalue weighted by atomic mass is 32.2. The van der Waals surface area contributed by atoms with E-state index in [0.29, 0.717) is 35.3 Å². The molecule has 1 amide bonds. The van der Waals surface area contributed by atoms with Crippen molar-refractivity contribution in [2.24, 2.45) is 0 Å². The number of fused-ring (bicyclic) bond motifs is 1. The topological polar surface area (TPSA) is 110 Å². The Kier molecular flexibility index (Phi) is 6.50. The summed E-state index contributed by atoms with van der Waals surface area (Å²) in [4.78, 5) is 21.4. The van der Waals surface area contributed by atoms with Crippen molar-refractivity contribution in [2.75, 3.05) is 24.2 Å². The van der Waals surface area contributed by atoms with Gasteiger partial charge in [0, 0.05) is 30.2 Å². The van der Waals surface area contributed by atoms with Crippen LogP contribution < -0.4 is 5.32 Å². The Labute approximate surface area is 191 Å². The molecule has 0 saturated carbocycles. The minimum Gasteiger partial charge on any atom is -0.325 e. The number of piperidine rings is 1. The Hall–Kier alpha value is -2.50. The van der Waals surface area contributed by atoms with Gasteiger partial charge in [-0.25, -0.2) is 17.9 Å². The second-order valence-corrected chi connectivity index (χ2v) is 10.8. The van der Waals surface area contributed by atoms with Gasteiger partial charge < -0.3 is 5.32 Å². The van der Waals surface area contributed by atoms with Crippen molar-refractivity contribution in [2.45, 2.75) is 50.1 Å². The second kappa shape index (κ2) is 9.16. The summed E-state index contributed by atoms with van der Waals surface area (Å²) in [6, 6.07) is 6.89. The molecule has 1 aromatic carbocycles. The van der Waals surface area contributed by atoms with Crippen LogP contribution in [0.5, 0.6) is 0 Å². The smallest absolute Gasteiger partial charge is 0.253 e. The summed E-state index contributed by atoms with van der Waals surface area (Å²) in [7, 11) is -3.58. The first-order chi connectivity index (χ1) is 15.2. The van der Waals surface area contributed by atoms with E-state index in [4.69, 9.17) is 0 Å². The molecule has 0 unspecified atom stereocenters. The normalized spacial score (nSPS) is 15.2. The zero-order valence-electron chi connectivity index (χ0n) is 18.3. The van der Waals surface area contributed by atoms with Crippen LogP contribution in [-0.4, -0.2) is 57.1 Å². The predicted octanol–water partition coefficient (Wildman–Crippen LogP) is 2.95. The number of aryl methyl sites for hydroxylation is 3. The fraction of sp³-hybridized carbons (Fsp3) is 0.429. The lowest BCUT2D eigenvalue weighted by Gasteiger charge is -2.26. The molecule has 0 spiro atoms. The average molecular weight is 475 g/mol. The maximum absolute atomic E-state index is 13.1. The molecule has 1 fully saturated rings. The molecule has 11 heteroatoms. The molecule has 2 aromatic heterocycles. The number of nitrogens with zero attached hydrogens (tertiary/aromatic N) is 5. The Morgan fingerprint density at radius 2 is 1.84 bits per heavy atom. The number of nitrogens with one attached hydrogen (secondary N) is 1. The van der Waals surface area contributed by atoms with Crippen LogP contribution in [0.1, 0.15) is 36.2 Å². The van der Waals surface area contributed by atoms with Gasteiger partial charge in [-0.05, 0) is 57.4 Å². The molecule has 0 radical (unpaired) electrons. The summed E-state index contributed by atoms with van der Waals surface area (Å²) in [5.74, 6) is 0.327. The number of anilines is 1. The first-order valence-electron chi connectivity index (χ1n) is 10.5. The lowest BCUT2D eigenvalue weighted by molar-refractivity contribution is -0.113. The van der Waals surface area contributed by atoms with E-state index in [-0.39, 0.29) is 16.6 Å². The number of amides is 1. The molecule has 1 N–H and O–H groups in total. The number of sulfonamides is 1. The van der Waals surface area contributed by atoms with Crippen LogP contribution in [0.4, 0.5) is 5.69 Å². The van der Waals surface area contributed by atoms with Crippen LogP contribution in [0.25, 0.3) is 5.78 Å².